The minimum Gasteiger partial charge on any atom is -0.502 e. The van der Waals surface area contributed by atoms with Crippen LogP contribution in [0.3, 0.4) is 0 Å². The van der Waals surface area contributed by atoms with Gasteiger partial charge in [-0.05, 0) is 49.5 Å². The Hall–Kier alpha value is -4.21. The topological polar surface area (TPSA) is 153 Å². The fraction of sp³-hybridized carbons (Fsp3) is 0.346. The van der Waals surface area contributed by atoms with Crippen LogP contribution in [0.4, 0.5) is 4.79 Å². The van der Waals surface area contributed by atoms with Gasteiger partial charge in [0.2, 0.25) is 17.6 Å². The lowest BCUT2D eigenvalue weighted by Crippen LogP contribution is -2.42. The molecule has 4 atom stereocenters. The summed E-state index contributed by atoms with van der Waals surface area (Å²) in [6.45, 7) is 1.56. The summed E-state index contributed by atoms with van der Waals surface area (Å²) in [5.41, 5.74) is 7.36. The molecule has 0 bridgehead atoms. The number of carbonyl (C=O) groups is 5. The molecule has 1 aliphatic heterocycles. The molecule has 5 rings (SSSR count). The van der Waals surface area contributed by atoms with Crippen molar-refractivity contribution in [2.24, 2.45) is 23.5 Å². The first kappa shape index (κ1) is 23.5. The number of ketones is 2. The van der Waals surface area contributed by atoms with Gasteiger partial charge in [-0.25, -0.2) is 4.79 Å². The van der Waals surface area contributed by atoms with Crippen molar-refractivity contribution < 1.29 is 38.6 Å². The number of ether oxygens (including phenoxy) is 2. The lowest BCUT2D eigenvalue weighted by molar-refractivity contribution is -0.136. The molecule has 0 radical (unpaired) electrons. The molecule has 0 saturated carbocycles. The van der Waals surface area contributed by atoms with Crippen molar-refractivity contribution in [3.8, 4) is 17.2 Å². The number of imide groups is 3. The van der Waals surface area contributed by atoms with Crippen molar-refractivity contribution in [2.45, 2.75) is 25.7 Å². The van der Waals surface area contributed by atoms with E-state index in [1.54, 1.807) is 19.1 Å². The summed E-state index contributed by atoms with van der Waals surface area (Å²) in [7, 11) is 2.75. The Bertz CT molecular complexity index is 1340. The van der Waals surface area contributed by atoms with Gasteiger partial charge in [0, 0.05) is 22.6 Å². The lowest BCUT2D eigenvalue weighted by Gasteiger charge is -2.42. The molecule has 186 valence electrons. The van der Waals surface area contributed by atoms with Crippen LogP contribution >= 0.6 is 0 Å². The van der Waals surface area contributed by atoms with E-state index in [-0.39, 0.29) is 58.4 Å². The van der Waals surface area contributed by atoms with Gasteiger partial charge in [0.05, 0.1) is 26.1 Å². The van der Waals surface area contributed by atoms with Gasteiger partial charge in [-0.1, -0.05) is 11.6 Å². The summed E-state index contributed by atoms with van der Waals surface area (Å²) in [6, 6.07) is 1.98. The van der Waals surface area contributed by atoms with E-state index in [9.17, 15) is 29.1 Å². The zero-order valence-corrected chi connectivity index (χ0v) is 19.9. The number of rotatable bonds is 3. The van der Waals surface area contributed by atoms with Crippen molar-refractivity contribution in [1.82, 2.24) is 4.90 Å². The number of hydrogen-bond donors (Lipinski definition) is 2. The van der Waals surface area contributed by atoms with Crippen LogP contribution in [-0.2, 0) is 19.2 Å². The van der Waals surface area contributed by atoms with Crippen LogP contribution < -0.4 is 15.2 Å². The van der Waals surface area contributed by atoms with Gasteiger partial charge in [-0.2, -0.15) is 4.90 Å². The Balaban J connectivity index is 1.73. The number of primary amides is 1. The summed E-state index contributed by atoms with van der Waals surface area (Å²) < 4.78 is 10.6. The second kappa shape index (κ2) is 8.18. The van der Waals surface area contributed by atoms with Crippen molar-refractivity contribution in [3.05, 3.63) is 52.1 Å². The third-order valence-electron chi connectivity index (χ3n) is 7.62. The van der Waals surface area contributed by atoms with E-state index < -0.39 is 41.5 Å². The minimum atomic E-state index is -1.14. The summed E-state index contributed by atoms with van der Waals surface area (Å²) in [4.78, 5) is 65.0. The van der Waals surface area contributed by atoms with E-state index in [1.807, 2.05) is 6.08 Å². The smallest absolute Gasteiger partial charge is 0.328 e. The maximum Gasteiger partial charge on any atom is 0.328 e. The predicted molar refractivity (Wildman–Crippen MR) is 124 cm³/mol. The minimum absolute atomic E-state index is 0.0760. The molecule has 1 fully saturated rings. The number of aromatic hydroxyl groups is 1. The summed E-state index contributed by atoms with van der Waals surface area (Å²) in [5, 5.41) is 10.4. The van der Waals surface area contributed by atoms with Gasteiger partial charge in [0.15, 0.2) is 23.1 Å². The van der Waals surface area contributed by atoms with Crippen molar-refractivity contribution in [1.29, 1.82) is 0 Å². The Morgan fingerprint density at radius 2 is 1.69 bits per heavy atom. The zero-order valence-electron chi connectivity index (χ0n) is 19.9. The van der Waals surface area contributed by atoms with E-state index in [0.717, 1.165) is 0 Å². The third-order valence-corrected chi connectivity index (χ3v) is 7.62. The molecular weight excluding hydrogens is 468 g/mol. The van der Waals surface area contributed by atoms with E-state index in [0.29, 0.717) is 16.0 Å². The molecule has 10 heteroatoms. The standard InChI is InChI=1S/C26H24N2O8/c1-10-6-16(29)21-15(22(10)30)9-14-12(4-5-13-20(14)25(33)28(24(13)32)26(27)34)19(21)11-7-17(35-2)23(31)18(8-11)36-3/h4,6-8,13-14,19-20,31H,5,9H2,1-3H3,(H2,27,34)/t13-,14+,19-,20-/m0/s1. The molecule has 4 aliphatic rings. The molecule has 0 unspecified atom stereocenters. The van der Waals surface area contributed by atoms with Crippen LogP contribution in [0.2, 0.25) is 0 Å². The Morgan fingerprint density at radius 3 is 2.28 bits per heavy atom. The number of likely N-dealkylation sites (tertiary alicyclic amines) is 1. The van der Waals surface area contributed by atoms with E-state index >= 15 is 0 Å². The Kier molecular flexibility index (Phi) is 5.35. The fourth-order valence-corrected chi connectivity index (χ4v) is 6.06. The van der Waals surface area contributed by atoms with Gasteiger partial charge >= 0.3 is 6.03 Å². The molecule has 4 amide bonds. The first-order valence-corrected chi connectivity index (χ1v) is 11.4. The van der Waals surface area contributed by atoms with Gasteiger partial charge in [0.1, 0.15) is 0 Å². The Morgan fingerprint density at radius 1 is 1.06 bits per heavy atom. The van der Waals surface area contributed by atoms with Crippen molar-refractivity contribution >= 4 is 29.4 Å². The van der Waals surface area contributed by atoms with Crippen LogP contribution in [0.25, 0.3) is 0 Å². The van der Waals surface area contributed by atoms with Gasteiger partial charge < -0.3 is 20.3 Å². The molecule has 1 aromatic rings. The molecule has 3 N–H and O–H groups in total. The number of fused-ring (bicyclic) bond motifs is 3. The number of benzene rings is 1. The summed E-state index contributed by atoms with van der Waals surface area (Å²) in [6.07, 6.45) is 3.36. The molecule has 1 saturated heterocycles. The third kappa shape index (κ3) is 3.13. The molecule has 3 aliphatic carbocycles. The fourth-order valence-electron chi connectivity index (χ4n) is 6.06. The van der Waals surface area contributed by atoms with E-state index in [2.05, 4.69) is 0 Å². The highest BCUT2D eigenvalue weighted by atomic mass is 16.5. The van der Waals surface area contributed by atoms with Crippen LogP contribution in [0.15, 0.2) is 46.6 Å². The highest BCUT2D eigenvalue weighted by molar-refractivity contribution is 6.24. The number of carbonyl (C=O) groups excluding carboxylic acids is 5. The number of phenolic OH excluding ortho intramolecular Hbond substituents is 1. The number of phenols is 1. The highest BCUT2D eigenvalue weighted by Gasteiger charge is 2.57. The lowest BCUT2D eigenvalue weighted by atomic mass is 9.59. The first-order valence-electron chi connectivity index (χ1n) is 11.4. The SMILES string of the molecule is COc1cc([C@H]2C3=CC[C@@H]4C(=O)N(C(N)=O)C(=O)[C@@H]4[C@@H]3CC3=C2C(=O)C=C(C)C3=O)cc(OC)c1O. The van der Waals surface area contributed by atoms with Gasteiger partial charge in [-0.15, -0.1) is 0 Å². The average Bonchev–Trinajstić information content (AvgIpc) is 3.11. The molecule has 1 heterocycles. The number of hydrogen-bond acceptors (Lipinski definition) is 8. The number of urea groups is 1. The molecule has 36 heavy (non-hydrogen) atoms. The predicted octanol–water partition coefficient (Wildman–Crippen LogP) is 1.92. The van der Waals surface area contributed by atoms with E-state index in [4.69, 9.17) is 15.2 Å². The number of amides is 4. The zero-order chi connectivity index (χ0) is 26.0. The van der Waals surface area contributed by atoms with Crippen LogP contribution in [-0.4, -0.2) is 53.6 Å². The molecular formula is C26H24N2O8. The van der Waals surface area contributed by atoms with Crippen molar-refractivity contribution in [2.75, 3.05) is 14.2 Å². The van der Waals surface area contributed by atoms with Crippen LogP contribution in [0.1, 0.15) is 31.2 Å². The summed E-state index contributed by atoms with van der Waals surface area (Å²) >= 11 is 0. The monoisotopic (exact) mass is 492 g/mol. The Labute approximate surface area is 206 Å². The van der Waals surface area contributed by atoms with E-state index in [1.165, 1.54) is 20.3 Å². The maximum atomic E-state index is 13.3. The second-order valence-corrected chi connectivity index (χ2v) is 9.35. The number of allylic oxidation sites excluding steroid dienone is 6. The number of methoxy groups -OCH3 is 2. The number of nitrogens with zero attached hydrogens (tertiary/aromatic N) is 1. The molecule has 1 aromatic carbocycles. The maximum absolute atomic E-state index is 13.3. The van der Waals surface area contributed by atoms with Crippen molar-refractivity contribution in [3.63, 3.8) is 0 Å². The van der Waals surface area contributed by atoms with Crippen LogP contribution in [0, 0.1) is 17.8 Å². The second-order valence-electron chi connectivity index (χ2n) is 9.35. The number of Topliss-reactive ketones (excluding diaryl/α,β-unsaturated/α-hetero) is 1. The highest BCUT2D eigenvalue weighted by Crippen LogP contribution is 2.56. The first-order chi connectivity index (χ1) is 17.1. The quantitative estimate of drug-likeness (QED) is 0.369. The molecule has 10 nitrogen and oxygen atoms in total. The van der Waals surface area contributed by atoms with Crippen LogP contribution in [0.5, 0.6) is 17.2 Å². The molecule has 0 aromatic heterocycles. The molecule has 0 spiro atoms. The number of nitrogens with two attached hydrogens (primary N) is 1. The largest absolute Gasteiger partial charge is 0.502 e. The summed E-state index contributed by atoms with van der Waals surface area (Å²) in [5.74, 6) is -5.03. The normalized spacial score (nSPS) is 27.2. The van der Waals surface area contributed by atoms with Gasteiger partial charge in [0.25, 0.3) is 0 Å². The average molecular weight is 492 g/mol. The van der Waals surface area contributed by atoms with Gasteiger partial charge in [-0.3, -0.25) is 19.2 Å².